The molecule has 0 atom stereocenters. The minimum atomic E-state index is -0.986. The SMILES string of the molecule is CN1CCN(C(=O)Nc2ccc(C(=O)NC3(C(=O)NCC#N)CCCCC3)cc2)CC1. The van der Waals surface area contributed by atoms with Crippen LogP contribution in [0, 0.1) is 11.3 Å². The number of carbonyl (C=O) groups excluding carboxylic acids is 3. The van der Waals surface area contributed by atoms with E-state index in [1.165, 1.54) is 0 Å². The Kier molecular flexibility index (Phi) is 7.47. The zero-order chi connectivity index (χ0) is 22.3. The van der Waals surface area contributed by atoms with Gasteiger partial charge in [-0.3, -0.25) is 9.59 Å². The molecular weight excluding hydrogens is 396 g/mol. The van der Waals surface area contributed by atoms with Gasteiger partial charge in [-0.1, -0.05) is 19.3 Å². The summed E-state index contributed by atoms with van der Waals surface area (Å²) in [6.07, 6.45) is 3.81. The number of carbonyl (C=O) groups is 3. The number of urea groups is 1. The molecule has 1 aliphatic carbocycles. The van der Waals surface area contributed by atoms with Crippen molar-refractivity contribution in [1.82, 2.24) is 20.4 Å². The third kappa shape index (κ3) is 5.73. The number of hydrogen-bond acceptors (Lipinski definition) is 5. The molecule has 3 rings (SSSR count). The first-order valence-corrected chi connectivity index (χ1v) is 10.8. The van der Waals surface area contributed by atoms with Crippen LogP contribution >= 0.6 is 0 Å². The van der Waals surface area contributed by atoms with Crippen LogP contribution in [0.4, 0.5) is 10.5 Å². The van der Waals surface area contributed by atoms with Crippen molar-refractivity contribution in [1.29, 1.82) is 5.26 Å². The van der Waals surface area contributed by atoms with Gasteiger partial charge in [-0.15, -0.1) is 0 Å². The second-order valence-corrected chi connectivity index (χ2v) is 8.24. The number of benzene rings is 1. The van der Waals surface area contributed by atoms with Crippen LogP contribution in [0.1, 0.15) is 42.5 Å². The molecule has 1 aromatic carbocycles. The van der Waals surface area contributed by atoms with Gasteiger partial charge in [0.15, 0.2) is 0 Å². The van der Waals surface area contributed by atoms with Crippen LogP contribution in [-0.2, 0) is 4.79 Å². The summed E-state index contributed by atoms with van der Waals surface area (Å²) in [5, 5.41) is 17.1. The minimum Gasteiger partial charge on any atom is -0.341 e. The average molecular weight is 427 g/mol. The van der Waals surface area contributed by atoms with E-state index in [9.17, 15) is 14.4 Å². The number of rotatable bonds is 5. The Morgan fingerprint density at radius 2 is 1.68 bits per heavy atom. The number of amides is 4. The van der Waals surface area contributed by atoms with Crippen molar-refractivity contribution in [3.8, 4) is 6.07 Å². The Balaban J connectivity index is 1.61. The maximum absolute atomic E-state index is 12.9. The number of likely N-dealkylation sites (N-methyl/N-ethyl adjacent to an activating group) is 1. The first-order chi connectivity index (χ1) is 14.9. The number of nitrogens with zero attached hydrogens (tertiary/aromatic N) is 3. The summed E-state index contributed by atoms with van der Waals surface area (Å²) in [4.78, 5) is 41.9. The van der Waals surface area contributed by atoms with E-state index in [1.807, 2.05) is 13.1 Å². The van der Waals surface area contributed by atoms with Crippen molar-refractivity contribution in [2.45, 2.75) is 37.6 Å². The number of nitriles is 1. The number of piperazine rings is 1. The molecule has 3 N–H and O–H groups in total. The Morgan fingerprint density at radius 3 is 2.29 bits per heavy atom. The van der Waals surface area contributed by atoms with Crippen molar-refractivity contribution < 1.29 is 14.4 Å². The number of anilines is 1. The predicted octanol–water partition coefficient (Wildman–Crippen LogP) is 1.54. The van der Waals surface area contributed by atoms with E-state index in [2.05, 4.69) is 20.9 Å². The van der Waals surface area contributed by atoms with Gasteiger partial charge < -0.3 is 25.8 Å². The second kappa shape index (κ2) is 10.3. The highest BCUT2D eigenvalue weighted by Crippen LogP contribution is 2.29. The van der Waals surface area contributed by atoms with Crippen molar-refractivity contribution in [3.05, 3.63) is 29.8 Å². The van der Waals surface area contributed by atoms with Gasteiger partial charge >= 0.3 is 6.03 Å². The quantitative estimate of drug-likeness (QED) is 0.618. The van der Waals surface area contributed by atoms with Crippen LogP contribution in [0.25, 0.3) is 0 Å². The molecule has 1 saturated heterocycles. The lowest BCUT2D eigenvalue weighted by Gasteiger charge is -2.36. The molecule has 31 heavy (non-hydrogen) atoms. The lowest BCUT2D eigenvalue weighted by Crippen LogP contribution is -2.59. The van der Waals surface area contributed by atoms with E-state index >= 15 is 0 Å². The molecule has 9 nitrogen and oxygen atoms in total. The van der Waals surface area contributed by atoms with E-state index in [1.54, 1.807) is 29.2 Å². The van der Waals surface area contributed by atoms with Crippen LogP contribution in [0.5, 0.6) is 0 Å². The van der Waals surface area contributed by atoms with Gasteiger partial charge in [-0.05, 0) is 44.2 Å². The maximum Gasteiger partial charge on any atom is 0.321 e. The normalized spacial score (nSPS) is 18.5. The molecule has 166 valence electrons. The summed E-state index contributed by atoms with van der Waals surface area (Å²) < 4.78 is 0. The molecule has 0 unspecified atom stereocenters. The zero-order valence-electron chi connectivity index (χ0n) is 17.9. The Hall–Kier alpha value is -3.12. The van der Waals surface area contributed by atoms with Gasteiger partial charge in [0.05, 0.1) is 6.07 Å². The molecule has 2 fully saturated rings. The third-order valence-corrected chi connectivity index (χ3v) is 6.01. The van der Waals surface area contributed by atoms with E-state index in [4.69, 9.17) is 5.26 Å². The Morgan fingerprint density at radius 1 is 1.03 bits per heavy atom. The highest BCUT2D eigenvalue weighted by Gasteiger charge is 2.40. The largest absolute Gasteiger partial charge is 0.341 e. The molecule has 1 aromatic rings. The van der Waals surface area contributed by atoms with Gasteiger partial charge in [0, 0.05) is 37.4 Å². The first kappa shape index (κ1) is 22.6. The Bertz CT molecular complexity index is 834. The van der Waals surface area contributed by atoms with Crippen LogP contribution < -0.4 is 16.0 Å². The summed E-state index contributed by atoms with van der Waals surface area (Å²) >= 11 is 0. The second-order valence-electron chi connectivity index (χ2n) is 8.24. The molecule has 0 bridgehead atoms. The van der Waals surface area contributed by atoms with Crippen molar-refractivity contribution >= 4 is 23.5 Å². The lowest BCUT2D eigenvalue weighted by molar-refractivity contribution is -0.128. The fraction of sp³-hybridized carbons (Fsp3) is 0.545. The highest BCUT2D eigenvalue weighted by atomic mass is 16.2. The van der Waals surface area contributed by atoms with Gasteiger partial charge in [0.25, 0.3) is 5.91 Å². The van der Waals surface area contributed by atoms with Crippen LogP contribution in [0.3, 0.4) is 0 Å². The molecule has 1 saturated carbocycles. The van der Waals surface area contributed by atoms with Crippen molar-refractivity contribution in [3.63, 3.8) is 0 Å². The standard InChI is InChI=1S/C22H30N6O3/c1-27-13-15-28(16-14-27)21(31)25-18-7-5-17(6-8-18)19(29)26-22(9-3-2-4-10-22)20(30)24-12-11-23/h5-8H,2-4,9-10,12-16H2,1H3,(H,24,30)(H,25,31)(H,26,29). The zero-order valence-corrected chi connectivity index (χ0v) is 17.9. The highest BCUT2D eigenvalue weighted by molar-refractivity contribution is 6.00. The van der Waals surface area contributed by atoms with Crippen molar-refractivity contribution in [2.24, 2.45) is 0 Å². The van der Waals surface area contributed by atoms with Gasteiger partial charge in [0.1, 0.15) is 12.1 Å². The molecule has 1 heterocycles. The first-order valence-electron chi connectivity index (χ1n) is 10.8. The van der Waals surface area contributed by atoms with Gasteiger partial charge in [-0.2, -0.15) is 5.26 Å². The van der Waals surface area contributed by atoms with Gasteiger partial charge in [-0.25, -0.2) is 4.79 Å². The molecule has 0 spiro atoms. The molecule has 0 aromatic heterocycles. The van der Waals surface area contributed by atoms with Crippen molar-refractivity contribution in [2.75, 3.05) is 45.1 Å². The minimum absolute atomic E-state index is 0.0852. The smallest absolute Gasteiger partial charge is 0.321 e. The Labute approximate surface area is 182 Å². The van der Waals surface area contributed by atoms with Crippen LogP contribution in [0.15, 0.2) is 24.3 Å². The topological polar surface area (TPSA) is 118 Å². The fourth-order valence-electron chi connectivity index (χ4n) is 4.06. The number of nitrogens with one attached hydrogen (secondary N) is 3. The van der Waals surface area contributed by atoms with E-state index in [-0.39, 0.29) is 24.4 Å². The molecule has 1 aliphatic heterocycles. The molecule has 9 heteroatoms. The summed E-state index contributed by atoms with van der Waals surface area (Å²) in [5.74, 6) is -0.649. The summed E-state index contributed by atoms with van der Waals surface area (Å²) in [5.41, 5.74) is 0.0378. The van der Waals surface area contributed by atoms with E-state index in [0.717, 1.165) is 32.4 Å². The average Bonchev–Trinajstić information content (AvgIpc) is 2.79. The monoisotopic (exact) mass is 426 g/mol. The summed E-state index contributed by atoms with van der Waals surface area (Å²) in [7, 11) is 2.03. The molecule has 4 amide bonds. The van der Waals surface area contributed by atoms with Gasteiger partial charge in [0.2, 0.25) is 5.91 Å². The van der Waals surface area contributed by atoms with Crippen LogP contribution in [0.2, 0.25) is 0 Å². The predicted molar refractivity (Wildman–Crippen MR) is 116 cm³/mol. The molecular formula is C22H30N6O3. The van der Waals surface area contributed by atoms with E-state index in [0.29, 0.717) is 37.2 Å². The summed E-state index contributed by atoms with van der Waals surface area (Å²) in [6.45, 7) is 2.96. The molecule has 0 radical (unpaired) electrons. The maximum atomic E-state index is 12.9. The lowest BCUT2D eigenvalue weighted by atomic mass is 9.80. The van der Waals surface area contributed by atoms with Crippen LogP contribution in [-0.4, -0.2) is 73.0 Å². The third-order valence-electron chi connectivity index (χ3n) is 6.01. The fourth-order valence-corrected chi connectivity index (χ4v) is 4.06. The molecule has 2 aliphatic rings. The summed E-state index contributed by atoms with van der Waals surface area (Å²) in [6, 6.07) is 8.40. The number of hydrogen-bond donors (Lipinski definition) is 3. The van der Waals surface area contributed by atoms with E-state index < -0.39 is 5.54 Å².